The van der Waals surface area contributed by atoms with E-state index in [1.165, 1.54) is 55.7 Å². The largest absolute Gasteiger partial charge is 0.356 e. The molecule has 0 atom stereocenters. The van der Waals surface area contributed by atoms with Gasteiger partial charge in [0.15, 0.2) is 0 Å². The number of nitrogens with zero attached hydrogens (tertiary/aromatic N) is 4. The van der Waals surface area contributed by atoms with Crippen LogP contribution in [0, 0.1) is 12.3 Å². The highest BCUT2D eigenvalue weighted by Gasteiger charge is 2.37. The van der Waals surface area contributed by atoms with Crippen LogP contribution in [0.3, 0.4) is 0 Å². The van der Waals surface area contributed by atoms with E-state index in [9.17, 15) is 0 Å². The molecule has 0 aromatic carbocycles. The summed E-state index contributed by atoms with van der Waals surface area (Å²) >= 11 is 0. The molecule has 1 aromatic rings. The van der Waals surface area contributed by atoms with Crippen LogP contribution < -0.4 is 9.80 Å². The average Bonchev–Trinajstić information content (AvgIpc) is 3.32. The van der Waals surface area contributed by atoms with Gasteiger partial charge in [0, 0.05) is 37.7 Å². The Kier molecular flexibility index (Phi) is 3.73. The van der Waals surface area contributed by atoms with Gasteiger partial charge in [-0.05, 0) is 38.0 Å². The van der Waals surface area contributed by atoms with E-state index in [0.29, 0.717) is 11.3 Å². The van der Waals surface area contributed by atoms with Gasteiger partial charge in [-0.1, -0.05) is 26.7 Å². The predicted octanol–water partition coefficient (Wildman–Crippen LogP) is 3.89. The van der Waals surface area contributed by atoms with Gasteiger partial charge in [-0.2, -0.15) is 0 Å². The third-order valence-corrected chi connectivity index (χ3v) is 5.50. The summed E-state index contributed by atoms with van der Waals surface area (Å²) in [5.41, 5.74) is 1.73. The summed E-state index contributed by atoms with van der Waals surface area (Å²) in [6.07, 6.45) is 7.87. The van der Waals surface area contributed by atoms with E-state index in [2.05, 4.69) is 30.6 Å². The van der Waals surface area contributed by atoms with Crippen molar-refractivity contribution >= 4 is 11.6 Å². The Morgan fingerprint density at radius 2 is 1.43 bits per heavy atom. The van der Waals surface area contributed by atoms with E-state index >= 15 is 0 Å². The van der Waals surface area contributed by atoms with Crippen molar-refractivity contribution in [2.75, 3.05) is 36.0 Å². The van der Waals surface area contributed by atoms with E-state index in [-0.39, 0.29) is 0 Å². The molecule has 0 N–H and O–H groups in total. The highest BCUT2D eigenvalue weighted by molar-refractivity contribution is 5.61. The fourth-order valence-corrected chi connectivity index (χ4v) is 4.07. The van der Waals surface area contributed by atoms with Crippen molar-refractivity contribution in [3.63, 3.8) is 0 Å². The van der Waals surface area contributed by atoms with Crippen molar-refractivity contribution in [1.29, 1.82) is 0 Å². The molecule has 2 aliphatic heterocycles. The summed E-state index contributed by atoms with van der Waals surface area (Å²) in [5, 5.41) is 0. The standard InChI is InChI=1S/C19H30N4/c1-14-17(22-10-6-4-5-7-11-22)20-16(15-8-9-15)21-18(14)23-12-19(2,3)13-23/h15H,4-13H2,1-3H3. The van der Waals surface area contributed by atoms with Crippen LogP contribution in [0.4, 0.5) is 11.6 Å². The minimum Gasteiger partial charge on any atom is -0.356 e. The van der Waals surface area contributed by atoms with E-state index < -0.39 is 0 Å². The van der Waals surface area contributed by atoms with E-state index in [4.69, 9.17) is 9.97 Å². The van der Waals surface area contributed by atoms with Crippen LogP contribution in [0.25, 0.3) is 0 Å². The molecule has 4 heteroatoms. The first kappa shape index (κ1) is 15.2. The van der Waals surface area contributed by atoms with Gasteiger partial charge >= 0.3 is 0 Å². The first-order valence-corrected chi connectivity index (χ1v) is 9.42. The maximum absolute atomic E-state index is 5.03. The van der Waals surface area contributed by atoms with E-state index in [1.54, 1.807) is 0 Å². The molecule has 4 nitrogen and oxygen atoms in total. The van der Waals surface area contributed by atoms with Crippen molar-refractivity contribution in [1.82, 2.24) is 9.97 Å². The second-order valence-electron chi connectivity index (χ2n) is 8.55. The van der Waals surface area contributed by atoms with Crippen LogP contribution >= 0.6 is 0 Å². The molecule has 0 spiro atoms. The van der Waals surface area contributed by atoms with Crippen molar-refractivity contribution in [3.8, 4) is 0 Å². The molecular formula is C19H30N4. The zero-order valence-electron chi connectivity index (χ0n) is 14.9. The molecule has 4 rings (SSSR count). The average molecular weight is 314 g/mol. The fourth-order valence-electron chi connectivity index (χ4n) is 4.07. The molecule has 0 bridgehead atoms. The third kappa shape index (κ3) is 3.05. The maximum atomic E-state index is 5.03. The number of hydrogen-bond donors (Lipinski definition) is 0. The molecule has 2 saturated heterocycles. The lowest BCUT2D eigenvalue weighted by Gasteiger charge is -2.47. The summed E-state index contributed by atoms with van der Waals surface area (Å²) < 4.78 is 0. The Morgan fingerprint density at radius 3 is 1.96 bits per heavy atom. The molecule has 1 aliphatic carbocycles. The van der Waals surface area contributed by atoms with Gasteiger partial charge in [-0.25, -0.2) is 9.97 Å². The second kappa shape index (κ2) is 5.64. The number of rotatable bonds is 3. The minimum atomic E-state index is 0.430. The van der Waals surface area contributed by atoms with Crippen molar-refractivity contribution in [2.45, 2.75) is 65.2 Å². The van der Waals surface area contributed by atoms with Crippen molar-refractivity contribution in [2.24, 2.45) is 5.41 Å². The minimum absolute atomic E-state index is 0.430. The Balaban J connectivity index is 1.68. The van der Waals surface area contributed by atoms with Gasteiger partial charge in [0.05, 0.1) is 0 Å². The number of hydrogen-bond acceptors (Lipinski definition) is 4. The molecule has 1 aromatic heterocycles. The quantitative estimate of drug-likeness (QED) is 0.847. The lowest BCUT2D eigenvalue weighted by molar-refractivity contribution is 0.274. The molecular weight excluding hydrogens is 284 g/mol. The lowest BCUT2D eigenvalue weighted by Crippen LogP contribution is -2.53. The van der Waals surface area contributed by atoms with Crippen LogP contribution in [0.5, 0.6) is 0 Å². The first-order chi connectivity index (χ1) is 11.0. The van der Waals surface area contributed by atoms with Gasteiger partial charge in [0.25, 0.3) is 0 Å². The molecule has 23 heavy (non-hydrogen) atoms. The van der Waals surface area contributed by atoms with Gasteiger partial charge in [-0.3, -0.25) is 0 Å². The highest BCUT2D eigenvalue weighted by Crippen LogP contribution is 2.42. The topological polar surface area (TPSA) is 32.3 Å². The zero-order chi connectivity index (χ0) is 16.0. The summed E-state index contributed by atoms with van der Waals surface area (Å²) in [5.74, 6) is 4.16. The summed E-state index contributed by atoms with van der Waals surface area (Å²) in [4.78, 5) is 15.0. The fraction of sp³-hybridized carbons (Fsp3) is 0.789. The van der Waals surface area contributed by atoms with Gasteiger partial charge in [0.2, 0.25) is 0 Å². The summed E-state index contributed by atoms with van der Waals surface area (Å²) in [6.45, 7) is 11.5. The van der Waals surface area contributed by atoms with E-state index in [1.807, 2.05) is 0 Å². The first-order valence-electron chi connectivity index (χ1n) is 9.42. The maximum Gasteiger partial charge on any atom is 0.137 e. The van der Waals surface area contributed by atoms with Crippen LogP contribution in [0.15, 0.2) is 0 Å². The van der Waals surface area contributed by atoms with Crippen LogP contribution in [-0.4, -0.2) is 36.1 Å². The SMILES string of the molecule is Cc1c(N2CCCCCC2)nc(C2CC2)nc1N1CC(C)(C)C1. The van der Waals surface area contributed by atoms with Crippen molar-refractivity contribution in [3.05, 3.63) is 11.4 Å². The van der Waals surface area contributed by atoms with Crippen LogP contribution in [0.1, 0.15) is 69.7 Å². The predicted molar refractivity (Wildman–Crippen MR) is 95.4 cm³/mol. The molecule has 1 saturated carbocycles. The third-order valence-electron chi connectivity index (χ3n) is 5.50. The number of anilines is 2. The molecule has 0 unspecified atom stereocenters. The Labute approximate surface area is 140 Å². The van der Waals surface area contributed by atoms with Crippen molar-refractivity contribution < 1.29 is 0 Å². The highest BCUT2D eigenvalue weighted by atomic mass is 15.3. The molecule has 3 heterocycles. The number of aromatic nitrogens is 2. The second-order valence-corrected chi connectivity index (χ2v) is 8.55. The Morgan fingerprint density at radius 1 is 0.870 bits per heavy atom. The monoisotopic (exact) mass is 314 g/mol. The Bertz CT molecular complexity index is 575. The van der Waals surface area contributed by atoms with Crippen LogP contribution in [-0.2, 0) is 0 Å². The Hall–Kier alpha value is -1.32. The van der Waals surface area contributed by atoms with Crippen LogP contribution in [0.2, 0.25) is 0 Å². The summed E-state index contributed by atoms with van der Waals surface area (Å²) in [6, 6.07) is 0. The molecule has 3 fully saturated rings. The molecule has 126 valence electrons. The molecule has 0 amide bonds. The van der Waals surface area contributed by atoms with E-state index in [0.717, 1.165) is 32.0 Å². The van der Waals surface area contributed by atoms with Gasteiger partial charge < -0.3 is 9.80 Å². The van der Waals surface area contributed by atoms with Gasteiger partial charge in [0.1, 0.15) is 17.5 Å². The smallest absolute Gasteiger partial charge is 0.137 e. The summed E-state index contributed by atoms with van der Waals surface area (Å²) in [7, 11) is 0. The zero-order valence-corrected chi connectivity index (χ0v) is 14.9. The normalized spacial score (nSPS) is 24.3. The lowest BCUT2D eigenvalue weighted by atomic mass is 9.84. The molecule has 0 radical (unpaired) electrons. The molecule has 3 aliphatic rings. The van der Waals surface area contributed by atoms with Gasteiger partial charge in [-0.15, -0.1) is 0 Å².